The first-order valence-electron chi connectivity index (χ1n) is 10.1. The average Bonchev–Trinajstić information content (AvgIpc) is 3.21. The molecule has 3 aromatic rings. The van der Waals surface area contributed by atoms with Gasteiger partial charge in [-0.05, 0) is 37.3 Å². The Labute approximate surface area is 183 Å². The molecule has 1 amide bonds. The average molecular weight is 448 g/mol. The van der Waals surface area contributed by atoms with Crippen molar-refractivity contribution < 1.29 is 27.4 Å². The summed E-state index contributed by atoms with van der Waals surface area (Å²) in [5, 5.41) is 7.07. The van der Waals surface area contributed by atoms with Gasteiger partial charge < -0.3 is 14.8 Å². The highest BCUT2D eigenvalue weighted by Crippen LogP contribution is 2.33. The van der Waals surface area contributed by atoms with Gasteiger partial charge in [-0.25, -0.2) is 4.68 Å². The van der Waals surface area contributed by atoms with Gasteiger partial charge in [-0.1, -0.05) is 25.1 Å². The van der Waals surface area contributed by atoms with Crippen LogP contribution in [0.25, 0.3) is 17.1 Å². The third-order valence-corrected chi connectivity index (χ3v) is 4.39. The second-order valence-corrected chi connectivity index (χ2v) is 6.71. The zero-order valence-electron chi connectivity index (χ0n) is 17.6. The number of nitrogens with zero attached hydrogens (tertiary/aromatic N) is 3. The highest BCUT2D eigenvalue weighted by atomic mass is 19.4. The Kier molecular flexibility index (Phi) is 7.47. The molecule has 0 bridgehead atoms. The lowest BCUT2D eigenvalue weighted by Crippen LogP contribution is -2.10. The van der Waals surface area contributed by atoms with Crippen LogP contribution in [0.3, 0.4) is 0 Å². The number of anilines is 1. The number of hydrogen-bond acceptors (Lipinski definition) is 5. The zero-order valence-corrected chi connectivity index (χ0v) is 17.6. The molecule has 0 aliphatic heterocycles. The van der Waals surface area contributed by atoms with Crippen molar-refractivity contribution >= 4 is 11.6 Å². The predicted octanol–water partition coefficient (Wildman–Crippen LogP) is 4.72. The Balaban J connectivity index is 2.02. The molecular formula is C22H23F3N4O3. The van der Waals surface area contributed by atoms with Crippen LogP contribution >= 0.6 is 0 Å². The second kappa shape index (κ2) is 10.3. The maximum absolute atomic E-state index is 13.2. The van der Waals surface area contributed by atoms with E-state index in [1.165, 1.54) is 16.8 Å². The maximum atomic E-state index is 13.2. The smallest absolute Gasteiger partial charge is 0.416 e. The molecule has 1 N–H and O–H groups in total. The van der Waals surface area contributed by atoms with Gasteiger partial charge in [0.1, 0.15) is 6.61 Å². The summed E-state index contributed by atoms with van der Waals surface area (Å²) in [6.45, 7) is 4.61. The molecule has 0 unspecified atom stereocenters. The fourth-order valence-corrected chi connectivity index (χ4v) is 2.86. The topological polar surface area (TPSA) is 78.3 Å². The van der Waals surface area contributed by atoms with Crippen LogP contribution in [0, 0.1) is 0 Å². The van der Waals surface area contributed by atoms with Crippen molar-refractivity contribution in [3.8, 4) is 23.1 Å². The molecule has 0 saturated heterocycles. The number of carbonyl (C=O) groups excluding carboxylic acids is 1. The SMILES string of the molecule is CCOCCOc1nc(-c2cccc(C(F)(F)F)c2)n(-c2cccc(NC(=O)CC)c2)n1. The van der Waals surface area contributed by atoms with Crippen LogP contribution in [0.5, 0.6) is 6.01 Å². The number of benzene rings is 2. The molecular weight excluding hydrogens is 425 g/mol. The van der Waals surface area contributed by atoms with Crippen molar-refractivity contribution in [2.75, 3.05) is 25.1 Å². The maximum Gasteiger partial charge on any atom is 0.416 e. The van der Waals surface area contributed by atoms with Gasteiger partial charge in [0, 0.05) is 24.3 Å². The van der Waals surface area contributed by atoms with Crippen molar-refractivity contribution in [1.82, 2.24) is 14.8 Å². The molecule has 0 fully saturated rings. The Morgan fingerprint density at radius 2 is 1.88 bits per heavy atom. The number of hydrogen-bond donors (Lipinski definition) is 1. The molecule has 1 heterocycles. The number of nitrogens with one attached hydrogen (secondary N) is 1. The number of aromatic nitrogens is 3. The summed E-state index contributed by atoms with van der Waals surface area (Å²) >= 11 is 0. The third kappa shape index (κ3) is 5.85. The van der Waals surface area contributed by atoms with E-state index in [4.69, 9.17) is 9.47 Å². The number of ether oxygens (including phenoxy) is 2. The van der Waals surface area contributed by atoms with Crippen molar-refractivity contribution in [3.05, 3.63) is 54.1 Å². The number of carbonyl (C=O) groups is 1. The van der Waals surface area contributed by atoms with Crippen molar-refractivity contribution in [1.29, 1.82) is 0 Å². The standard InChI is InChI=1S/C22H23F3N4O3/c1-3-19(30)26-17-9-6-10-18(14-17)29-20(27-21(28-29)32-12-11-31-4-2)15-7-5-8-16(13-15)22(23,24)25/h5-10,13-14H,3-4,11-12H2,1-2H3,(H,26,30). The largest absolute Gasteiger partial charge is 0.460 e. The van der Waals surface area contributed by atoms with Crippen LogP contribution in [0.15, 0.2) is 48.5 Å². The lowest BCUT2D eigenvalue weighted by atomic mass is 10.1. The van der Waals surface area contributed by atoms with Crippen molar-refractivity contribution in [3.63, 3.8) is 0 Å². The monoisotopic (exact) mass is 448 g/mol. The minimum atomic E-state index is -4.50. The fourth-order valence-electron chi connectivity index (χ4n) is 2.86. The summed E-state index contributed by atoms with van der Waals surface area (Å²) < 4.78 is 51.8. The van der Waals surface area contributed by atoms with E-state index in [-0.39, 0.29) is 29.9 Å². The van der Waals surface area contributed by atoms with Crippen LogP contribution in [-0.4, -0.2) is 40.5 Å². The predicted molar refractivity (Wildman–Crippen MR) is 113 cm³/mol. The van der Waals surface area contributed by atoms with Gasteiger partial charge in [0.15, 0.2) is 5.82 Å². The van der Waals surface area contributed by atoms with E-state index in [2.05, 4.69) is 15.4 Å². The molecule has 7 nitrogen and oxygen atoms in total. The second-order valence-electron chi connectivity index (χ2n) is 6.71. The van der Waals surface area contributed by atoms with E-state index in [0.717, 1.165) is 12.1 Å². The summed E-state index contributed by atoms with van der Waals surface area (Å²) in [6, 6.07) is 11.6. The van der Waals surface area contributed by atoms with Gasteiger partial charge in [0.2, 0.25) is 5.91 Å². The highest BCUT2D eigenvalue weighted by molar-refractivity contribution is 5.90. The Morgan fingerprint density at radius 1 is 1.09 bits per heavy atom. The number of rotatable bonds is 9. The van der Waals surface area contributed by atoms with Gasteiger partial charge in [-0.3, -0.25) is 4.79 Å². The summed E-state index contributed by atoms with van der Waals surface area (Å²) in [6.07, 6.45) is -4.19. The molecule has 3 rings (SSSR count). The molecule has 0 spiro atoms. The minimum Gasteiger partial charge on any atom is -0.460 e. The van der Waals surface area contributed by atoms with Crippen LogP contribution < -0.4 is 10.1 Å². The number of amides is 1. The molecule has 0 radical (unpaired) electrons. The lowest BCUT2D eigenvalue weighted by Gasteiger charge is -2.10. The van der Waals surface area contributed by atoms with E-state index >= 15 is 0 Å². The molecule has 0 atom stereocenters. The van der Waals surface area contributed by atoms with Gasteiger partial charge in [-0.15, -0.1) is 5.10 Å². The van der Waals surface area contributed by atoms with Crippen LogP contribution in [0.1, 0.15) is 25.8 Å². The molecule has 2 aromatic carbocycles. The first kappa shape index (κ1) is 23.3. The Hall–Kier alpha value is -3.40. The Morgan fingerprint density at radius 3 is 2.59 bits per heavy atom. The van der Waals surface area contributed by atoms with E-state index in [1.807, 2.05) is 6.92 Å². The van der Waals surface area contributed by atoms with E-state index in [0.29, 0.717) is 31.0 Å². The molecule has 1 aromatic heterocycles. The van der Waals surface area contributed by atoms with E-state index < -0.39 is 11.7 Å². The summed E-state index contributed by atoms with van der Waals surface area (Å²) in [5.41, 5.74) is 0.444. The van der Waals surface area contributed by atoms with Gasteiger partial charge in [0.25, 0.3) is 0 Å². The minimum absolute atomic E-state index is 0.000103. The van der Waals surface area contributed by atoms with Gasteiger partial charge in [0.05, 0.1) is 17.9 Å². The van der Waals surface area contributed by atoms with Crippen LogP contribution in [0.4, 0.5) is 18.9 Å². The quantitative estimate of drug-likeness (QED) is 0.480. The van der Waals surface area contributed by atoms with Gasteiger partial charge >= 0.3 is 12.2 Å². The molecule has 0 saturated carbocycles. The third-order valence-electron chi connectivity index (χ3n) is 4.39. The van der Waals surface area contributed by atoms with E-state index in [9.17, 15) is 18.0 Å². The zero-order chi connectivity index (χ0) is 23.1. The number of alkyl halides is 3. The van der Waals surface area contributed by atoms with E-state index in [1.54, 1.807) is 31.2 Å². The molecule has 32 heavy (non-hydrogen) atoms. The molecule has 0 aliphatic rings. The molecule has 0 aliphatic carbocycles. The first-order valence-corrected chi connectivity index (χ1v) is 10.1. The molecule has 10 heteroatoms. The van der Waals surface area contributed by atoms with Gasteiger partial charge in [-0.2, -0.15) is 18.2 Å². The molecule has 170 valence electrons. The normalized spacial score (nSPS) is 11.4. The summed E-state index contributed by atoms with van der Waals surface area (Å²) in [4.78, 5) is 16.0. The summed E-state index contributed by atoms with van der Waals surface area (Å²) in [7, 11) is 0. The highest BCUT2D eigenvalue weighted by Gasteiger charge is 2.31. The first-order chi connectivity index (χ1) is 15.3. The van der Waals surface area contributed by atoms with Crippen LogP contribution in [-0.2, 0) is 15.7 Å². The van der Waals surface area contributed by atoms with Crippen LogP contribution in [0.2, 0.25) is 0 Å². The number of halogens is 3. The van der Waals surface area contributed by atoms with Crippen molar-refractivity contribution in [2.45, 2.75) is 26.4 Å². The Bertz CT molecular complexity index is 1070. The fraction of sp³-hybridized carbons (Fsp3) is 0.318. The lowest BCUT2D eigenvalue weighted by molar-refractivity contribution is -0.137. The van der Waals surface area contributed by atoms with Crippen molar-refractivity contribution in [2.24, 2.45) is 0 Å². The summed E-state index contributed by atoms with van der Waals surface area (Å²) in [5.74, 6) is 0.000247.